The lowest BCUT2D eigenvalue weighted by Gasteiger charge is -2.33. The van der Waals surface area contributed by atoms with Crippen molar-refractivity contribution in [1.29, 1.82) is 0 Å². The normalized spacial score (nSPS) is 16.9. The number of benzene rings is 1. The first-order valence-electron chi connectivity index (χ1n) is 12.3. The Labute approximate surface area is 211 Å². The third-order valence-corrected chi connectivity index (χ3v) is 6.43. The van der Waals surface area contributed by atoms with Crippen molar-refractivity contribution in [2.45, 2.75) is 31.6 Å². The molecule has 4 rings (SSSR count). The zero-order valence-electron chi connectivity index (χ0n) is 21.1. The highest BCUT2D eigenvalue weighted by atomic mass is 16.6. The Hall–Kier alpha value is -3.66. The number of H-pyrrole nitrogens is 1. The second kappa shape index (κ2) is 11.4. The van der Waals surface area contributed by atoms with Crippen LogP contribution in [0.1, 0.15) is 42.9 Å². The molecule has 2 aromatic rings. The fraction of sp³-hybridized carbons (Fsp3) is 0.462. The van der Waals surface area contributed by atoms with Crippen molar-refractivity contribution < 1.29 is 19.1 Å². The first-order chi connectivity index (χ1) is 17.3. The standard InChI is InChI=1S/C26H34N6O4/c1-18(25(34)27-23-17-22(28-29-23)20-6-7-20)19-8-10-21(11-9-19)36-26(35)32-15-13-31(14-16-32)24(33)5-4-12-30(2)3/h4-5,8-11,17-18,20H,6-7,12-16H2,1-3H3,(H2,27,28,29,34)/b5-4+. The van der Waals surface area contributed by atoms with Gasteiger partial charge in [0.1, 0.15) is 5.75 Å². The summed E-state index contributed by atoms with van der Waals surface area (Å²) < 4.78 is 5.51. The van der Waals surface area contributed by atoms with E-state index in [1.807, 2.05) is 38.1 Å². The molecule has 1 saturated carbocycles. The van der Waals surface area contributed by atoms with Crippen LogP contribution >= 0.6 is 0 Å². The van der Waals surface area contributed by atoms with Gasteiger partial charge in [-0.15, -0.1) is 0 Å². The summed E-state index contributed by atoms with van der Waals surface area (Å²) in [5.74, 6) is 0.881. The van der Waals surface area contributed by atoms with Crippen LogP contribution < -0.4 is 10.1 Å². The van der Waals surface area contributed by atoms with Gasteiger partial charge >= 0.3 is 6.09 Å². The average Bonchev–Trinajstić information content (AvgIpc) is 3.62. The highest BCUT2D eigenvalue weighted by Gasteiger charge is 2.27. The number of likely N-dealkylation sites (N-methyl/N-ethyl adjacent to an activating group) is 1. The summed E-state index contributed by atoms with van der Waals surface area (Å²) in [5, 5.41) is 10.0. The van der Waals surface area contributed by atoms with Crippen LogP contribution in [0.25, 0.3) is 0 Å². The monoisotopic (exact) mass is 494 g/mol. The molecule has 1 saturated heterocycles. The number of nitrogens with one attached hydrogen (secondary N) is 2. The highest BCUT2D eigenvalue weighted by molar-refractivity contribution is 5.94. The van der Waals surface area contributed by atoms with E-state index in [2.05, 4.69) is 15.5 Å². The van der Waals surface area contributed by atoms with Crippen molar-refractivity contribution in [3.8, 4) is 5.75 Å². The molecule has 1 aromatic heterocycles. The largest absolute Gasteiger partial charge is 0.415 e. The summed E-state index contributed by atoms with van der Waals surface area (Å²) in [7, 11) is 3.88. The van der Waals surface area contributed by atoms with E-state index in [0.717, 1.165) is 24.1 Å². The van der Waals surface area contributed by atoms with E-state index in [9.17, 15) is 14.4 Å². The molecular weight excluding hydrogens is 460 g/mol. The maximum absolute atomic E-state index is 12.6. The summed E-state index contributed by atoms with van der Waals surface area (Å²) in [6.45, 7) is 4.27. The molecule has 2 heterocycles. The zero-order valence-corrected chi connectivity index (χ0v) is 21.1. The number of carbonyl (C=O) groups is 3. The van der Waals surface area contributed by atoms with Gasteiger partial charge in [-0.2, -0.15) is 5.10 Å². The van der Waals surface area contributed by atoms with Crippen molar-refractivity contribution in [2.75, 3.05) is 52.1 Å². The number of anilines is 1. The van der Waals surface area contributed by atoms with E-state index in [1.165, 1.54) is 0 Å². The minimum atomic E-state index is -0.450. The van der Waals surface area contributed by atoms with Crippen molar-refractivity contribution >= 4 is 23.7 Å². The molecule has 36 heavy (non-hydrogen) atoms. The predicted molar refractivity (Wildman–Crippen MR) is 136 cm³/mol. The molecule has 1 unspecified atom stereocenters. The van der Waals surface area contributed by atoms with Crippen LogP contribution in [0.15, 0.2) is 42.5 Å². The smallest absolute Gasteiger partial charge is 0.410 e. The van der Waals surface area contributed by atoms with Gasteiger partial charge < -0.3 is 24.8 Å². The fourth-order valence-electron chi connectivity index (χ4n) is 3.96. The quantitative estimate of drug-likeness (QED) is 0.546. The van der Waals surface area contributed by atoms with E-state index in [4.69, 9.17) is 4.74 Å². The SMILES string of the molecule is CC(C(=O)Nc1cc(C2CC2)[nH]n1)c1ccc(OC(=O)N2CCN(C(=O)/C=C/CN(C)C)CC2)cc1. The van der Waals surface area contributed by atoms with Gasteiger partial charge in [-0.1, -0.05) is 18.2 Å². The number of nitrogens with zero attached hydrogens (tertiary/aromatic N) is 4. The second-order valence-electron chi connectivity index (χ2n) is 9.61. The molecule has 1 atom stereocenters. The number of hydrogen-bond acceptors (Lipinski definition) is 6. The van der Waals surface area contributed by atoms with E-state index in [0.29, 0.717) is 50.2 Å². The summed E-state index contributed by atoms with van der Waals surface area (Å²) in [4.78, 5) is 42.8. The Kier molecular flexibility index (Phi) is 8.04. The molecule has 2 N–H and O–H groups in total. The van der Waals surface area contributed by atoms with Crippen molar-refractivity contribution in [2.24, 2.45) is 0 Å². The van der Waals surface area contributed by atoms with Crippen LogP contribution in [0.2, 0.25) is 0 Å². The van der Waals surface area contributed by atoms with Crippen LogP contribution in [0.4, 0.5) is 10.6 Å². The number of piperazine rings is 1. The van der Waals surface area contributed by atoms with Crippen LogP contribution in [-0.2, 0) is 9.59 Å². The zero-order chi connectivity index (χ0) is 25.7. The van der Waals surface area contributed by atoms with Gasteiger partial charge in [0.25, 0.3) is 0 Å². The number of carbonyl (C=O) groups excluding carboxylic acids is 3. The topological polar surface area (TPSA) is 111 Å². The van der Waals surface area contributed by atoms with E-state index >= 15 is 0 Å². The number of aromatic nitrogens is 2. The van der Waals surface area contributed by atoms with Gasteiger partial charge in [0, 0.05) is 56.5 Å². The second-order valence-corrected chi connectivity index (χ2v) is 9.61. The van der Waals surface area contributed by atoms with Crippen LogP contribution in [0.3, 0.4) is 0 Å². The molecule has 0 spiro atoms. The van der Waals surface area contributed by atoms with E-state index in [-0.39, 0.29) is 11.8 Å². The third kappa shape index (κ3) is 6.72. The molecular formula is C26H34N6O4. The molecule has 2 aliphatic rings. The summed E-state index contributed by atoms with van der Waals surface area (Å²) in [6, 6.07) is 8.83. The van der Waals surface area contributed by atoms with Gasteiger partial charge in [0.05, 0.1) is 5.92 Å². The van der Waals surface area contributed by atoms with Gasteiger partial charge in [0.2, 0.25) is 11.8 Å². The number of rotatable bonds is 8. The number of amides is 3. The lowest BCUT2D eigenvalue weighted by molar-refractivity contribution is -0.127. The van der Waals surface area contributed by atoms with Gasteiger partial charge in [-0.3, -0.25) is 14.7 Å². The van der Waals surface area contributed by atoms with Gasteiger partial charge in [-0.05, 0) is 51.6 Å². The third-order valence-electron chi connectivity index (χ3n) is 6.43. The molecule has 2 fully saturated rings. The maximum atomic E-state index is 12.6. The van der Waals surface area contributed by atoms with Gasteiger partial charge in [0.15, 0.2) is 5.82 Å². The Bertz CT molecular complexity index is 1100. The molecule has 10 heteroatoms. The summed E-state index contributed by atoms with van der Waals surface area (Å²) in [5.41, 5.74) is 1.87. The number of hydrogen-bond donors (Lipinski definition) is 2. The fourth-order valence-corrected chi connectivity index (χ4v) is 3.96. The van der Waals surface area contributed by atoms with E-state index in [1.54, 1.807) is 40.1 Å². The summed E-state index contributed by atoms with van der Waals surface area (Å²) >= 11 is 0. The molecule has 0 bridgehead atoms. The highest BCUT2D eigenvalue weighted by Crippen LogP contribution is 2.39. The van der Waals surface area contributed by atoms with E-state index < -0.39 is 12.0 Å². The molecule has 1 aromatic carbocycles. The first kappa shape index (κ1) is 25.4. The van der Waals surface area contributed by atoms with Crippen molar-refractivity contribution in [3.05, 3.63) is 53.7 Å². The molecule has 192 valence electrons. The predicted octanol–water partition coefficient (Wildman–Crippen LogP) is 2.79. The Morgan fingerprint density at radius 1 is 1.14 bits per heavy atom. The van der Waals surface area contributed by atoms with Gasteiger partial charge in [-0.25, -0.2) is 4.79 Å². The minimum Gasteiger partial charge on any atom is -0.410 e. The number of aromatic amines is 1. The number of ether oxygens (including phenoxy) is 1. The Morgan fingerprint density at radius 3 is 2.44 bits per heavy atom. The van der Waals surface area contributed by atoms with Crippen molar-refractivity contribution in [3.63, 3.8) is 0 Å². The first-order valence-corrected chi connectivity index (χ1v) is 12.3. The average molecular weight is 495 g/mol. The summed E-state index contributed by atoms with van der Waals surface area (Å²) in [6.07, 6.45) is 5.28. The molecule has 10 nitrogen and oxygen atoms in total. The van der Waals surface area contributed by atoms with Crippen LogP contribution in [0.5, 0.6) is 5.75 Å². The molecule has 0 radical (unpaired) electrons. The van der Waals surface area contributed by atoms with Crippen molar-refractivity contribution in [1.82, 2.24) is 24.9 Å². The Balaban J connectivity index is 1.23. The lowest BCUT2D eigenvalue weighted by Crippen LogP contribution is -2.51. The molecule has 3 amide bonds. The Morgan fingerprint density at radius 2 is 1.81 bits per heavy atom. The molecule has 1 aliphatic carbocycles. The lowest BCUT2D eigenvalue weighted by atomic mass is 10.0. The van der Waals surface area contributed by atoms with Crippen LogP contribution in [-0.4, -0.2) is 89.6 Å². The molecule has 1 aliphatic heterocycles. The minimum absolute atomic E-state index is 0.0470. The van der Waals surface area contributed by atoms with Crippen LogP contribution in [0, 0.1) is 0 Å². The maximum Gasteiger partial charge on any atom is 0.415 e.